The zero-order valence-corrected chi connectivity index (χ0v) is 10.5. The highest BCUT2D eigenvalue weighted by molar-refractivity contribution is 5.71. The van der Waals surface area contributed by atoms with Gasteiger partial charge in [0.15, 0.2) is 6.10 Å². The second-order valence-electron chi connectivity index (χ2n) is 4.70. The summed E-state index contributed by atoms with van der Waals surface area (Å²) in [5.74, 6) is -4.63. The maximum absolute atomic E-state index is 11.6. The second kappa shape index (κ2) is 5.50. The van der Waals surface area contributed by atoms with E-state index in [1.54, 1.807) is 0 Å². The lowest BCUT2D eigenvalue weighted by Crippen LogP contribution is -2.65. The summed E-state index contributed by atoms with van der Waals surface area (Å²) >= 11 is 0. The van der Waals surface area contributed by atoms with Gasteiger partial charge in [-0.2, -0.15) is 0 Å². The molecule has 0 aromatic heterocycles. The van der Waals surface area contributed by atoms with E-state index in [4.69, 9.17) is 16.0 Å². The number of aliphatic hydroxyl groups is 4. The molecule has 1 saturated heterocycles. The van der Waals surface area contributed by atoms with E-state index in [1.807, 2.05) is 0 Å². The van der Waals surface area contributed by atoms with Gasteiger partial charge in [0, 0.05) is 1.37 Å². The van der Waals surface area contributed by atoms with E-state index < -0.39 is 48.7 Å². The third-order valence-corrected chi connectivity index (χ3v) is 2.78. The van der Waals surface area contributed by atoms with E-state index >= 15 is 0 Å². The summed E-state index contributed by atoms with van der Waals surface area (Å²) in [6, 6.07) is 0. The lowest BCUT2D eigenvalue weighted by atomic mass is 9.93. The van der Waals surface area contributed by atoms with Gasteiger partial charge in [0.05, 0.1) is 12.5 Å². The summed E-state index contributed by atoms with van der Waals surface area (Å²) in [7, 11) is 0. The molecule has 4 N–H and O–H groups in total. The van der Waals surface area contributed by atoms with Crippen LogP contribution in [0.2, 0.25) is 0 Å². The molecule has 1 heterocycles. The van der Waals surface area contributed by atoms with Crippen LogP contribution >= 0.6 is 0 Å². The molecule has 106 valence electrons. The smallest absolute Gasteiger partial charge is 0.308 e. The second-order valence-corrected chi connectivity index (χ2v) is 4.70. The number of aliphatic hydroxyl groups excluding tert-OH is 3. The Bertz CT molecular complexity index is 338. The minimum absolute atomic E-state index is 0.612. The Labute approximate surface area is 106 Å². The van der Waals surface area contributed by atoms with E-state index in [0.29, 0.717) is 0 Å². The van der Waals surface area contributed by atoms with E-state index in [2.05, 4.69) is 0 Å². The highest BCUT2D eigenvalue weighted by Gasteiger charge is 2.52. The molecule has 0 aliphatic carbocycles. The minimum Gasteiger partial charge on any atom is -0.454 e. The molecule has 7 heteroatoms. The first-order valence-electron chi connectivity index (χ1n) is 6.09. The first-order valence-corrected chi connectivity index (χ1v) is 5.59. The minimum atomic E-state index is -2.08. The Morgan fingerprint density at radius 1 is 1.50 bits per heavy atom. The van der Waals surface area contributed by atoms with Gasteiger partial charge in [-0.05, 0) is 6.92 Å². The van der Waals surface area contributed by atoms with Crippen LogP contribution in [0.25, 0.3) is 0 Å². The fourth-order valence-electron chi connectivity index (χ4n) is 1.72. The molecule has 0 saturated carbocycles. The highest BCUT2D eigenvalue weighted by atomic mass is 16.7. The van der Waals surface area contributed by atoms with Crippen molar-refractivity contribution in [2.24, 2.45) is 5.89 Å². The number of rotatable bonds is 3. The maximum atomic E-state index is 11.6. The van der Waals surface area contributed by atoms with E-state index in [1.165, 1.54) is 13.8 Å². The number of esters is 1. The Morgan fingerprint density at radius 2 is 2.06 bits per heavy atom. The summed E-state index contributed by atoms with van der Waals surface area (Å²) in [6.07, 6.45) is -5.89. The number of carbonyl (C=O) groups excluding carboxylic acids is 1. The van der Waals surface area contributed by atoms with Crippen molar-refractivity contribution in [1.29, 1.82) is 0 Å². The van der Waals surface area contributed by atoms with Gasteiger partial charge in [0.1, 0.15) is 18.3 Å². The molecule has 0 spiro atoms. The monoisotopic (exact) mass is 265 g/mol. The predicted molar refractivity (Wildman–Crippen MR) is 59.3 cm³/mol. The molecule has 0 amide bonds. The molecule has 1 fully saturated rings. The molecular formula is C11H20O7. The van der Waals surface area contributed by atoms with Crippen molar-refractivity contribution in [1.82, 2.24) is 0 Å². The van der Waals surface area contributed by atoms with Crippen molar-refractivity contribution >= 4 is 5.97 Å². The van der Waals surface area contributed by atoms with E-state index in [-0.39, 0.29) is 0 Å². The largest absolute Gasteiger partial charge is 0.454 e. The van der Waals surface area contributed by atoms with Crippen LogP contribution in [0.5, 0.6) is 0 Å². The molecule has 0 aromatic carbocycles. The average molecular weight is 265 g/mol. The molecule has 0 bridgehead atoms. The van der Waals surface area contributed by atoms with Gasteiger partial charge in [-0.15, -0.1) is 0 Å². The number of ether oxygens (including phenoxy) is 2. The van der Waals surface area contributed by atoms with Crippen LogP contribution in [0, 0.1) is 5.89 Å². The van der Waals surface area contributed by atoms with Gasteiger partial charge < -0.3 is 29.9 Å². The Hall–Kier alpha value is -0.730. The standard InChI is InChI=1S/C11H20O7/c1-5(2)10(15)17-9-8(14)7(13)6(4-12)18-11(9,3)16/h5-9,12-14,16H,4H2,1-3H3/t6-,7-,8+,9-,11?/m1/s1/i5D. The fraction of sp³-hybridized carbons (Fsp3) is 0.909. The van der Waals surface area contributed by atoms with Gasteiger partial charge in [-0.25, -0.2) is 0 Å². The third kappa shape index (κ3) is 2.99. The molecule has 7 nitrogen and oxygen atoms in total. The van der Waals surface area contributed by atoms with Crippen LogP contribution in [0.3, 0.4) is 0 Å². The van der Waals surface area contributed by atoms with Gasteiger partial charge in [-0.3, -0.25) is 4.79 Å². The van der Waals surface area contributed by atoms with Gasteiger partial charge in [0.25, 0.3) is 0 Å². The van der Waals surface area contributed by atoms with Crippen molar-refractivity contribution in [2.45, 2.75) is 51.0 Å². The fourth-order valence-corrected chi connectivity index (χ4v) is 1.72. The van der Waals surface area contributed by atoms with Gasteiger partial charge in [0.2, 0.25) is 5.79 Å². The third-order valence-electron chi connectivity index (χ3n) is 2.78. The van der Waals surface area contributed by atoms with Crippen LogP contribution in [-0.4, -0.2) is 63.2 Å². The van der Waals surface area contributed by atoms with E-state index in [9.17, 15) is 20.1 Å². The SMILES string of the molecule is [2H]C(C)(C)C(=O)O[C@@H]1[C@@H](O)[C@H](O)[C@@H](CO)OC1(C)O. The number of carbonyl (C=O) groups is 1. The van der Waals surface area contributed by atoms with Crippen molar-refractivity contribution < 1.29 is 36.1 Å². The molecule has 1 aliphatic rings. The normalized spacial score (nSPS) is 42.3. The molecule has 1 rings (SSSR count). The Balaban J connectivity index is 2.90. The van der Waals surface area contributed by atoms with Crippen molar-refractivity contribution in [3.63, 3.8) is 0 Å². The number of hydrogen-bond acceptors (Lipinski definition) is 7. The lowest BCUT2D eigenvalue weighted by molar-refractivity contribution is -0.343. The van der Waals surface area contributed by atoms with Crippen molar-refractivity contribution in [2.75, 3.05) is 6.61 Å². The molecule has 1 aliphatic heterocycles. The van der Waals surface area contributed by atoms with Crippen LogP contribution in [0.15, 0.2) is 0 Å². The molecule has 5 atom stereocenters. The summed E-state index contributed by atoms with van der Waals surface area (Å²) < 4.78 is 17.3. The Kier molecular flexibility index (Phi) is 4.18. The predicted octanol–water partition coefficient (Wildman–Crippen LogP) is -1.62. The highest BCUT2D eigenvalue weighted by Crippen LogP contribution is 2.30. The molecular weight excluding hydrogens is 244 g/mol. The van der Waals surface area contributed by atoms with Gasteiger partial charge in [-0.1, -0.05) is 13.8 Å². The maximum Gasteiger partial charge on any atom is 0.308 e. The zero-order chi connectivity index (χ0) is 15.0. The average Bonchev–Trinajstić information content (AvgIpc) is 2.27. The van der Waals surface area contributed by atoms with Crippen molar-refractivity contribution in [3.8, 4) is 0 Å². The van der Waals surface area contributed by atoms with Gasteiger partial charge >= 0.3 is 5.97 Å². The van der Waals surface area contributed by atoms with Crippen molar-refractivity contribution in [3.05, 3.63) is 0 Å². The van der Waals surface area contributed by atoms with Crippen LogP contribution in [-0.2, 0) is 14.3 Å². The zero-order valence-electron chi connectivity index (χ0n) is 11.5. The Morgan fingerprint density at radius 3 is 2.50 bits per heavy atom. The molecule has 18 heavy (non-hydrogen) atoms. The first-order chi connectivity index (χ1) is 8.50. The summed E-state index contributed by atoms with van der Waals surface area (Å²) in [4.78, 5) is 11.6. The lowest BCUT2D eigenvalue weighted by Gasteiger charge is -2.45. The topological polar surface area (TPSA) is 116 Å². The van der Waals surface area contributed by atoms with Crippen LogP contribution in [0.1, 0.15) is 22.1 Å². The van der Waals surface area contributed by atoms with E-state index in [0.717, 1.165) is 6.92 Å². The number of hydrogen-bond donors (Lipinski definition) is 4. The first kappa shape index (κ1) is 13.7. The molecule has 1 unspecified atom stereocenters. The van der Waals surface area contributed by atoms with Crippen LogP contribution < -0.4 is 0 Å². The summed E-state index contributed by atoms with van der Waals surface area (Å²) in [6.45, 7) is 3.10. The molecule has 0 aromatic rings. The quantitative estimate of drug-likeness (QED) is 0.453. The van der Waals surface area contributed by atoms with Crippen LogP contribution in [0.4, 0.5) is 0 Å². The summed E-state index contributed by atoms with van der Waals surface area (Å²) in [5.41, 5.74) is 0. The molecule has 0 radical (unpaired) electrons. The summed E-state index contributed by atoms with van der Waals surface area (Å²) in [5, 5.41) is 38.5.